The standard InChI is InChI=1S/C26H30N4O3/c1-16(2)30-23-19(15-28-30)13-26(14-22(23)31)8-10-29(11-9-26)25(33)18-5-4-17-6-7-20(21(17)12-18)24(32)27-3/h4-5,7,12,15-16H,6,8-11,13-14H2,1-3H3,(H,27,32). The summed E-state index contributed by atoms with van der Waals surface area (Å²) in [5, 5.41) is 7.13. The number of carbonyl (C=O) groups is 3. The summed E-state index contributed by atoms with van der Waals surface area (Å²) in [5.74, 6) is 0.0426. The minimum atomic E-state index is -0.125. The van der Waals surface area contributed by atoms with Gasteiger partial charge in [0, 0.05) is 49.3 Å². The number of rotatable bonds is 3. The highest BCUT2D eigenvalue weighted by Gasteiger charge is 2.43. The summed E-state index contributed by atoms with van der Waals surface area (Å²) in [6.45, 7) is 5.35. The molecule has 2 aromatic rings. The van der Waals surface area contributed by atoms with Gasteiger partial charge >= 0.3 is 0 Å². The number of likely N-dealkylation sites (tertiary alicyclic amines) is 1. The Morgan fingerprint density at radius 1 is 1.12 bits per heavy atom. The minimum Gasteiger partial charge on any atom is -0.355 e. The Hall–Kier alpha value is -3.22. The van der Waals surface area contributed by atoms with Gasteiger partial charge < -0.3 is 10.2 Å². The van der Waals surface area contributed by atoms with E-state index in [1.807, 2.05) is 53.9 Å². The summed E-state index contributed by atoms with van der Waals surface area (Å²) in [7, 11) is 1.62. The van der Waals surface area contributed by atoms with Gasteiger partial charge in [0.15, 0.2) is 5.78 Å². The van der Waals surface area contributed by atoms with Crippen LogP contribution in [-0.2, 0) is 17.6 Å². The van der Waals surface area contributed by atoms with Gasteiger partial charge in [0.25, 0.3) is 11.8 Å². The van der Waals surface area contributed by atoms with Crippen LogP contribution >= 0.6 is 0 Å². The van der Waals surface area contributed by atoms with Crippen LogP contribution in [0.15, 0.2) is 30.5 Å². The molecule has 2 heterocycles. The van der Waals surface area contributed by atoms with Crippen LogP contribution in [0.1, 0.15) is 76.7 Å². The van der Waals surface area contributed by atoms with Gasteiger partial charge in [0.1, 0.15) is 5.69 Å². The van der Waals surface area contributed by atoms with E-state index in [0.717, 1.165) is 41.6 Å². The summed E-state index contributed by atoms with van der Waals surface area (Å²) in [6.07, 6.45) is 7.48. The second kappa shape index (κ2) is 7.97. The Labute approximate surface area is 193 Å². The van der Waals surface area contributed by atoms with E-state index in [9.17, 15) is 14.4 Å². The van der Waals surface area contributed by atoms with Crippen LogP contribution in [0.3, 0.4) is 0 Å². The first-order valence-corrected chi connectivity index (χ1v) is 11.8. The summed E-state index contributed by atoms with van der Waals surface area (Å²) in [5.41, 5.74) is 4.90. The Bertz CT molecular complexity index is 1180. The SMILES string of the molecule is CNC(=O)C1=CCc2ccc(C(=O)N3CCC4(CC3)CC(=O)c3c(cnn3C(C)C)C4)cc21. The molecule has 0 saturated carbocycles. The summed E-state index contributed by atoms with van der Waals surface area (Å²) < 4.78 is 1.85. The number of hydrogen-bond acceptors (Lipinski definition) is 4. The van der Waals surface area contributed by atoms with Crippen LogP contribution in [0.2, 0.25) is 0 Å². The lowest BCUT2D eigenvalue weighted by Gasteiger charge is -2.43. The van der Waals surface area contributed by atoms with Crippen molar-refractivity contribution in [3.63, 3.8) is 0 Å². The smallest absolute Gasteiger partial charge is 0.253 e. The number of nitrogens with zero attached hydrogens (tertiary/aromatic N) is 3. The van der Waals surface area contributed by atoms with Crippen molar-refractivity contribution in [1.29, 1.82) is 0 Å². The maximum Gasteiger partial charge on any atom is 0.253 e. The molecule has 2 amide bonds. The second-order valence-electron chi connectivity index (χ2n) is 9.90. The first-order chi connectivity index (χ1) is 15.8. The van der Waals surface area contributed by atoms with Crippen molar-refractivity contribution < 1.29 is 14.4 Å². The van der Waals surface area contributed by atoms with E-state index in [4.69, 9.17) is 0 Å². The van der Waals surface area contributed by atoms with Gasteiger partial charge in [-0.2, -0.15) is 5.10 Å². The van der Waals surface area contributed by atoms with E-state index in [1.54, 1.807) is 7.05 Å². The van der Waals surface area contributed by atoms with Gasteiger partial charge in [0.2, 0.25) is 0 Å². The quantitative estimate of drug-likeness (QED) is 0.785. The Kier molecular flexibility index (Phi) is 5.22. The third kappa shape index (κ3) is 3.59. The van der Waals surface area contributed by atoms with E-state index >= 15 is 0 Å². The number of carbonyl (C=O) groups excluding carboxylic acids is 3. The predicted octanol–water partition coefficient (Wildman–Crippen LogP) is 3.20. The van der Waals surface area contributed by atoms with E-state index in [0.29, 0.717) is 37.1 Å². The molecule has 172 valence electrons. The largest absolute Gasteiger partial charge is 0.355 e. The summed E-state index contributed by atoms with van der Waals surface area (Å²) >= 11 is 0. The molecule has 2 aliphatic carbocycles. The third-order valence-electron chi connectivity index (χ3n) is 7.48. The molecule has 1 spiro atoms. The molecule has 5 rings (SSSR count). The number of allylic oxidation sites excluding steroid dienone is 1. The zero-order chi connectivity index (χ0) is 23.3. The Morgan fingerprint density at radius 2 is 1.88 bits per heavy atom. The van der Waals surface area contributed by atoms with Gasteiger partial charge in [-0.15, -0.1) is 0 Å². The number of nitrogens with one attached hydrogen (secondary N) is 1. The normalized spacial score (nSPS) is 18.8. The number of likely N-dealkylation sites (N-methyl/N-ethyl adjacent to an activating group) is 1. The number of ketones is 1. The number of piperidine rings is 1. The topological polar surface area (TPSA) is 84.3 Å². The molecule has 0 unspecified atom stereocenters. The van der Waals surface area contributed by atoms with Crippen molar-refractivity contribution in [2.75, 3.05) is 20.1 Å². The number of Topliss-reactive ketones (excluding diaryl/α,β-unsaturated/α-hetero) is 1. The van der Waals surface area contributed by atoms with E-state index in [-0.39, 0.29) is 29.1 Å². The Balaban J connectivity index is 1.30. The molecule has 33 heavy (non-hydrogen) atoms. The van der Waals surface area contributed by atoms with Gasteiger partial charge in [-0.3, -0.25) is 19.1 Å². The van der Waals surface area contributed by atoms with Crippen LogP contribution < -0.4 is 5.32 Å². The molecule has 7 heteroatoms. The molecule has 1 aromatic heterocycles. The van der Waals surface area contributed by atoms with Crippen LogP contribution in [0.5, 0.6) is 0 Å². The van der Waals surface area contributed by atoms with Crippen LogP contribution in [0, 0.1) is 5.41 Å². The van der Waals surface area contributed by atoms with Crippen LogP contribution in [0.4, 0.5) is 0 Å². The fourth-order valence-electron chi connectivity index (χ4n) is 5.65. The van der Waals surface area contributed by atoms with E-state index in [2.05, 4.69) is 10.4 Å². The molecule has 1 aromatic carbocycles. The highest BCUT2D eigenvalue weighted by Crippen LogP contribution is 2.44. The number of aromatic nitrogens is 2. The lowest BCUT2D eigenvalue weighted by Crippen LogP contribution is -2.46. The molecule has 7 nitrogen and oxygen atoms in total. The van der Waals surface area contributed by atoms with Gasteiger partial charge in [-0.1, -0.05) is 12.1 Å². The van der Waals surface area contributed by atoms with Crippen molar-refractivity contribution >= 4 is 23.2 Å². The van der Waals surface area contributed by atoms with Crippen LogP contribution in [-0.4, -0.2) is 52.4 Å². The molecule has 1 aliphatic heterocycles. The molecular weight excluding hydrogens is 416 g/mol. The zero-order valence-electron chi connectivity index (χ0n) is 19.5. The van der Waals surface area contributed by atoms with Gasteiger partial charge in [0.05, 0.1) is 6.20 Å². The molecule has 0 atom stereocenters. The van der Waals surface area contributed by atoms with Gasteiger partial charge in [-0.25, -0.2) is 0 Å². The number of fused-ring (bicyclic) bond motifs is 2. The average Bonchev–Trinajstić information content (AvgIpc) is 3.42. The van der Waals surface area contributed by atoms with E-state index < -0.39 is 0 Å². The highest BCUT2D eigenvalue weighted by atomic mass is 16.2. The van der Waals surface area contributed by atoms with Crippen molar-refractivity contribution in [3.05, 3.63) is 58.4 Å². The van der Waals surface area contributed by atoms with Gasteiger partial charge in [-0.05, 0) is 68.2 Å². The van der Waals surface area contributed by atoms with Crippen molar-refractivity contribution in [3.8, 4) is 0 Å². The number of benzene rings is 1. The molecule has 1 fully saturated rings. The molecule has 1 saturated heterocycles. The second-order valence-corrected chi connectivity index (χ2v) is 9.90. The maximum atomic E-state index is 13.3. The molecular formula is C26H30N4O3. The average molecular weight is 447 g/mol. The van der Waals surface area contributed by atoms with Crippen LogP contribution in [0.25, 0.3) is 5.57 Å². The fourth-order valence-corrected chi connectivity index (χ4v) is 5.65. The van der Waals surface area contributed by atoms with Crippen molar-refractivity contribution in [2.24, 2.45) is 5.41 Å². The molecule has 1 N–H and O–H groups in total. The van der Waals surface area contributed by atoms with Crippen molar-refractivity contribution in [2.45, 2.75) is 52.0 Å². The zero-order valence-corrected chi connectivity index (χ0v) is 19.5. The summed E-state index contributed by atoms with van der Waals surface area (Å²) in [6, 6.07) is 5.83. The number of hydrogen-bond donors (Lipinski definition) is 1. The van der Waals surface area contributed by atoms with Crippen molar-refractivity contribution in [1.82, 2.24) is 20.0 Å². The highest BCUT2D eigenvalue weighted by molar-refractivity contribution is 6.21. The first-order valence-electron chi connectivity index (χ1n) is 11.8. The lowest BCUT2D eigenvalue weighted by atomic mass is 9.67. The predicted molar refractivity (Wildman–Crippen MR) is 125 cm³/mol. The fraction of sp³-hybridized carbons (Fsp3) is 0.462. The third-order valence-corrected chi connectivity index (χ3v) is 7.48. The monoisotopic (exact) mass is 446 g/mol. The maximum absolute atomic E-state index is 13.3. The van der Waals surface area contributed by atoms with E-state index in [1.165, 1.54) is 0 Å². The Morgan fingerprint density at radius 3 is 2.58 bits per heavy atom. The minimum absolute atomic E-state index is 0.00809. The summed E-state index contributed by atoms with van der Waals surface area (Å²) in [4.78, 5) is 40.4. The lowest BCUT2D eigenvalue weighted by molar-refractivity contribution is -0.115. The first kappa shape index (κ1) is 21.6. The number of amides is 2. The molecule has 3 aliphatic rings. The molecule has 0 bridgehead atoms. The molecule has 0 radical (unpaired) electrons.